The molecule has 2 heterocycles. The summed E-state index contributed by atoms with van der Waals surface area (Å²) in [5.41, 5.74) is 3.35. The summed E-state index contributed by atoms with van der Waals surface area (Å²) in [6.45, 7) is 4.43. The molecule has 29 heavy (non-hydrogen) atoms. The molecule has 1 fully saturated rings. The lowest BCUT2D eigenvalue weighted by Crippen LogP contribution is -2.48. The second kappa shape index (κ2) is 7.75. The molecule has 8 heteroatoms. The van der Waals surface area contributed by atoms with Gasteiger partial charge in [-0.1, -0.05) is 18.2 Å². The number of aromatic nitrogens is 2. The molecule has 1 amide bonds. The van der Waals surface area contributed by atoms with E-state index in [1.807, 2.05) is 42.2 Å². The minimum Gasteiger partial charge on any atom is -0.368 e. The number of para-hydroxylation sites is 1. The number of carbonyl (C=O) groups excluding carboxylic acids is 1. The molecule has 0 aliphatic carbocycles. The highest BCUT2D eigenvalue weighted by atomic mass is 16.6. The topological polar surface area (TPSA) is 84.5 Å². The number of nitro benzene ring substituents is 1. The van der Waals surface area contributed by atoms with Gasteiger partial charge in [0.05, 0.1) is 28.1 Å². The molecule has 1 aliphatic heterocycles. The summed E-state index contributed by atoms with van der Waals surface area (Å²) < 4.78 is 1.78. The number of piperazine rings is 1. The maximum atomic E-state index is 13.0. The van der Waals surface area contributed by atoms with E-state index in [0.29, 0.717) is 31.7 Å². The van der Waals surface area contributed by atoms with Crippen molar-refractivity contribution >= 4 is 17.3 Å². The summed E-state index contributed by atoms with van der Waals surface area (Å²) in [6.07, 6.45) is 1.63. The molecule has 0 spiro atoms. The second-order valence-electron chi connectivity index (χ2n) is 6.94. The Balaban J connectivity index is 1.43. The smallest absolute Gasteiger partial charge is 0.269 e. The van der Waals surface area contributed by atoms with Gasteiger partial charge in [0.25, 0.3) is 11.6 Å². The molecule has 0 atom stereocenters. The van der Waals surface area contributed by atoms with Gasteiger partial charge in [0.2, 0.25) is 0 Å². The Morgan fingerprint density at radius 1 is 0.966 bits per heavy atom. The Kier molecular flexibility index (Phi) is 4.99. The van der Waals surface area contributed by atoms with Gasteiger partial charge >= 0.3 is 0 Å². The van der Waals surface area contributed by atoms with Crippen molar-refractivity contribution in [1.82, 2.24) is 14.7 Å². The number of hydrogen-bond acceptors (Lipinski definition) is 5. The first-order valence-corrected chi connectivity index (χ1v) is 9.43. The minimum absolute atomic E-state index is 0.0203. The first-order valence-electron chi connectivity index (χ1n) is 9.43. The van der Waals surface area contributed by atoms with Gasteiger partial charge in [-0.2, -0.15) is 5.10 Å². The fourth-order valence-electron chi connectivity index (χ4n) is 3.57. The molecule has 1 saturated heterocycles. The van der Waals surface area contributed by atoms with Crippen molar-refractivity contribution in [3.05, 3.63) is 82.2 Å². The predicted octanol–water partition coefficient (Wildman–Crippen LogP) is 3.05. The van der Waals surface area contributed by atoms with Crippen LogP contribution in [0.15, 0.2) is 60.8 Å². The first-order chi connectivity index (χ1) is 14.0. The van der Waals surface area contributed by atoms with E-state index < -0.39 is 4.92 Å². The summed E-state index contributed by atoms with van der Waals surface area (Å²) in [5, 5.41) is 15.2. The fraction of sp³-hybridized carbons (Fsp3) is 0.238. The van der Waals surface area contributed by atoms with Gasteiger partial charge in [-0.05, 0) is 31.2 Å². The lowest BCUT2D eigenvalue weighted by Gasteiger charge is -2.36. The molecule has 0 radical (unpaired) electrons. The highest BCUT2D eigenvalue weighted by Crippen LogP contribution is 2.22. The van der Waals surface area contributed by atoms with E-state index in [4.69, 9.17) is 0 Å². The van der Waals surface area contributed by atoms with Gasteiger partial charge in [-0.15, -0.1) is 0 Å². The van der Waals surface area contributed by atoms with Crippen LogP contribution in [0.3, 0.4) is 0 Å². The average molecular weight is 391 g/mol. The van der Waals surface area contributed by atoms with Crippen LogP contribution >= 0.6 is 0 Å². The number of nitro groups is 1. The zero-order chi connectivity index (χ0) is 20.4. The largest absolute Gasteiger partial charge is 0.368 e. The Morgan fingerprint density at radius 2 is 1.62 bits per heavy atom. The number of anilines is 1. The van der Waals surface area contributed by atoms with Crippen molar-refractivity contribution in [3.8, 4) is 5.69 Å². The second-order valence-corrected chi connectivity index (χ2v) is 6.94. The molecule has 0 bridgehead atoms. The van der Waals surface area contributed by atoms with Crippen LogP contribution in [-0.2, 0) is 0 Å². The highest BCUT2D eigenvalue weighted by Gasteiger charge is 2.25. The van der Waals surface area contributed by atoms with E-state index in [1.165, 1.54) is 12.1 Å². The third-order valence-electron chi connectivity index (χ3n) is 5.23. The molecular formula is C21H21N5O3. The maximum Gasteiger partial charge on any atom is 0.269 e. The third kappa shape index (κ3) is 3.69. The van der Waals surface area contributed by atoms with E-state index >= 15 is 0 Å². The molecule has 0 saturated carbocycles. The van der Waals surface area contributed by atoms with Crippen LogP contribution in [-0.4, -0.2) is 51.7 Å². The molecule has 1 aliphatic rings. The number of benzene rings is 2. The minimum atomic E-state index is -0.404. The van der Waals surface area contributed by atoms with Gasteiger partial charge in [0.15, 0.2) is 0 Å². The summed E-state index contributed by atoms with van der Waals surface area (Å²) in [7, 11) is 0. The van der Waals surface area contributed by atoms with Crippen molar-refractivity contribution in [2.24, 2.45) is 0 Å². The summed E-state index contributed by atoms with van der Waals surface area (Å²) >= 11 is 0. The molecule has 4 rings (SSSR count). The number of amides is 1. The van der Waals surface area contributed by atoms with Crippen LogP contribution in [0, 0.1) is 17.0 Å². The van der Waals surface area contributed by atoms with Crippen molar-refractivity contribution in [1.29, 1.82) is 0 Å². The predicted molar refractivity (Wildman–Crippen MR) is 110 cm³/mol. The Morgan fingerprint density at radius 3 is 2.24 bits per heavy atom. The van der Waals surface area contributed by atoms with Crippen LogP contribution in [0.25, 0.3) is 5.69 Å². The normalized spacial score (nSPS) is 14.1. The van der Waals surface area contributed by atoms with Gasteiger partial charge < -0.3 is 9.80 Å². The van der Waals surface area contributed by atoms with E-state index in [2.05, 4.69) is 10.00 Å². The van der Waals surface area contributed by atoms with Gasteiger partial charge in [-0.3, -0.25) is 14.9 Å². The lowest BCUT2D eigenvalue weighted by atomic mass is 10.2. The van der Waals surface area contributed by atoms with Crippen LogP contribution < -0.4 is 4.90 Å². The highest BCUT2D eigenvalue weighted by molar-refractivity contribution is 5.95. The maximum absolute atomic E-state index is 13.0. The molecule has 2 aromatic carbocycles. The summed E-state index contributed by atoms with van der Waals surface area (Å²) in [5.74, 6) is -0.0203. The molecule has 0 unspecified atom stereocenters. The Labute approximate surface area is 168 Å². The molecular weight excluding hydrogens is 370 g/mol. The van der Waals surface area contributed by atoms with E-state index in [1.54, 1.807) is 23.0 Å². The van der Waals surface area contributed by atoms with Crippen LogP contribution in [0.4, 0.5) is 11.4 Å². The monoisotopic (exact) mass is 391 g/mol. The zero-order valence-electron chi connectivity index (χ0n) is 16.1. The molecule has 0 N–H and O–H groups in total. The molecule has 1 aromatic heterocycles. The van der Waals surface area contributed by atoms with Crippen LogP contribution in [0.2, 0.25) is 0 Å². The van der Waals surface area contributed by atoms with Crippen molar-refractivity contribution in [3.63, 3.8) is 0 Å². The third-order valence-corrected chi connectivity index (χ3v) is 5.23. The van der Waals surface area contributed by atoms with E-state index in [9.17, 15) is 14.9 Å². The quantitative estimate of drug-likeness (QED) is 0.504. The van der Waals surface area contributed by atoms with E-state index in [0.717, 1.165) is 17.1 Å². The lowest BCUT2D eigenvalue weighted by molar-refractivity contribution is -0.384. The first kappa shape index (κ1) is 18.7. The number of rotatable bonds is 4. The Hall–Kier alpha value is -3.68. The fourth-order valence-corrected chi connectivity index (χ4v) is 3.57. The number of carbonyl (C=O) groups is 1. The van der Waals surface area contributed by atoms with Gasteiger partial charge in [0, 0.05) is 44.0 Å². The number of non-ortho nitro benzene ring substituents is 1. The summed E-state index contributed by atoms with van der Waals surface area (Å²) in [4.78, 5) is 27.4. The van der Waals surface area contributed by atoms with Crippen LogP contribution in [0.5, 0.6) is 0 Å². The van der Waals surface area contributed by atoms with Gasteiger partial charge in [-0.25, -0.2) is 4.68 Å². The molecule has 148 valence electrons. The standard InChI is InChI=1S/C21H21N5O3/c1-16-20(15-22-25(16)18-5-3-2-4-6-18)21(27)24-13-11-23(12-14-24)17-7-9-19(10-8-17)26(28)29/h2-10,15H,11-14H2,1H3. The van der Waals surface area contributed by atoms with E-state index in [-0.39, 0.29) is 11.6 Å². The molecule has 3 aromatic rings. The van der Waals surface area contributed by atoms with Crippen molar-refractivity contribution in [2.75, 3.05) is 31.1 Å². The van der Waals surface area contributed by atoms with Crippen LogP contribution in [0.1, 0.15) is 16.1 Å². The average Bonchev–Trinajstić information content (AvgIpc) is 3.15. The SMILES string of the molecule is Cc1c(C(=O)N2CCN(c3ccc([N+](=O)[O-])cc3)CC2)cnn1-c1ccccc1. The van der Waals surface area contributed by atoms with Crippen molar-refractivity contribution < 1.29 is 9.72 Å². The zero-order valence-corrected chi connectivity index (χ0v) is 16.1. The van der Waals surface area contributed by atoms with Gasteiger partial charge in [0.1, 0.15) is 0 Å². The van der Waals surface area contributed by atoms with Crippen molar-refractivity contribution in [2.45, 2.75) is 6.92 Å². The number of hydrogen-bond donors (Lipinski definition) is 0. The Bertz CT molecular complexity index is 1020. The number of nitrogens with zero attached hydrogens (tertiary/aromatic N) is 5. The molecule has 8 nitrogen and oxygen atoms in total. The summed E-state index contributed by atoms with van der Waals surface area (Å²) in [6, 6.07) is 16.3.